The van der Waals surface area contributed by atoms with E-state index < -0.39 is 29.8 Å². The molecule has 0 heterocycles. The molecular weight excluding hydrogens is 477 g/mol. The Kier molecular flexibility index (Phi) is 11.0. The molecule has 10 heteroatoms. The van der Waals surface area contributed by atoms with Crippen LogP contribution >= 0.6 is 0 Å². The number of amides is 2. The van der Waals surface area contributed by atoms with E-state index in [2.05, 4.69) is 5.32 Å². The van der Waals surface area contributed by atoms with Gasteiger partial charge in [0.15, 0.2) is 6.10 Å². The Morgan fingerprint density at radius 1 is 1.08 bits per heavy atom. The summed E-state index contributed by atoms with van der Waals surface area (Å²) in [5.41, 5.74) is 0.00608. The number of halogens is 3. The third-order valence-electron chi connectivity index (χ3n) is 5.32. The second-order valence-electron chi connectivity index (χ2n) is 8.66. The number of rotatable bonds is 13. The maximum atomic E-state index is 13.0. The maximum Gasteiger partial charge on any atom is 0.416 e. The second-order valence-corrected chi connectivity index (χ2v) is 8.66. The minimum atomic E-state index is -4.50. The number of alkyl halides is 3. The van der Waals surface area contributed by atoms with Crippen molar-refractivity contribution in [2.75, 3.05) is 31.6 Å². The quantitative estimate of drug-likeness (QED) is 0.361. The molecule has 2 N–H and O–H groups in total. The average molecular weight is 511 g/mol. The summed E-state index contributed by atoms with van der Waals surface area (Å²) < 4.78 is 49.9. The van der Waals surface area contributed by atoms with Crippen LogP contribution in [0.5, 0.6) is 5.75 Å². The van der Waals surface area contributed by atoms with Crippen LogP contribution in [0.3, 0.4) is 0 Å². The molecule has 0 fully saturated rings. The maximum absolute atomic E-state index is 13.0. The van der Waals surface area contributed by atoms with Crippen molar-refractivity contribution in [3.8, 4) is 5.75 Å². The standard InChI is InChI=1S/C26H33F3N2O5/c1-4-35-23(24(32)33)16-19-8-10-22(11-9-19)36-15-14-31(13-12-18(2)3)25(34)30-21-7-5-6-20(17-21)26(27,28)29/h5-11,17-18,23H,4,12-16H2,1-3H3,(H,30,34)(H,32,33). The second kappa shape index (κ2) is 13.7. The number of carboxylic acid groups (broad SMARTS) is 1. The Morgan fingerprint density at radius 2 is 1.78 bits per heavy atom. The predicted molar refractivity (Wildman–Crippen MR) is 130 cm³/mol. The number of carbonyl (C=O) groups is 2. The highest BCUT2D eigenvalue weighted by Gasteiger charge is 2.30. The SMILES string of the molecule is CCOC(Cc1ccc(OCCN(CCC(C)C)C(=O)Nc2cccc(C(F)(F)F)c2)cc1)C(=O)O. The van der Waals surface area contributed by atoms with Crippen LogP contribution < -0.4 is 10.1 Å². The molecule has 2 aromatic rings. The van der Waals surface area contributed by atoms with Gasteiger partial charge in [0.2, 0.25) is 0 Å². The molecule has 1 unspecified atom stereocenters. The van der Waals surface area contributed by atoms with Crippen LogP contribution in [0, 0.1) is 5.92 Å². The Balaban J connectivity index is 1.96. The van der Waals surface area contributed by atoms with Crippen molar-refractivity contribution in [1.29, 1.82) is 0 Å². The van der Waals surface area contributed by atoms with Gasteiger partial charge in [-0.05, 0) is 55.2 Å². The summed E-state index contributed by atoms with van der Waals surface area (Å²) in [5, 5.41) is 11.8. The lowest BCUT2D eigenvalue weighted by molar-refractivity contribution is -0.150. The highest BCUT2D eigenvalue weighted by Crippen LogP contribution is 2.30. The van der Waals surface area contributed by atoms with E-state index in [1.165, 1.54) is 17.0 Å². The lowest BCUT2D eigenvalue weighted by Gasteiger charge is -2.24. The number of anilines is 1. The molecule has 7 nitrogen and oxygen atoms in total. The van der Waals surface area contributed by atoms with E-state index in [9.17, 15) is 27.9 Å². The minimum Gasteiger partial charge on any atom is -0.492 e. The van der Waals surface area contributed by atoms with Gasteiger partial charge in [-0.2, -0.15) is 13.2 Å². The van der Waals surface area contributed by atoms with Gasteiger partial charge < -0.3 is 24.8 Å². The van der Waals surface area contributed by atoms with E-state index in [4.69, 9.17) is 9.47 Å². The minimum absolute atomic E-state index is 0.0626. The molecule has 2 aromatic carbocycles. The van der Waals surface area contributed by atoms with Gasteiger partial charge in [-0.3, -0.25) is 0 Å². The van der Waals surface area contributed by atoms with Crippen molar-refractivity contribution in [2.45, 2.75) is 45.9 Å². The zero-order valence-electron chi connectivity index (χ0n) is 20.7. The fraction of sp³-hybridized carbons (Fsp3) is 0.462. The van der Waals surface area contributed by atoms with E-state index in [-0.39, 0.29) is 25.3 Å². The molecule has 0 bridgehead atoms. The van der Waals surface area contributed by atoms with Crippen LogP contribution in [-0.4, -0.2) is 54.4 Å². The monoisotopic (exact) mass is 510 g/mol. The molecule has 36 heavy (non-hydrogen) atoms. The molecule has 2 rings (SSSR count). The average Bonchev–Trinajstić information content (AvgIpc) is 2.81. The first-order valence-electron chi connectivity index (χ1n) is 11.8. The number of nitrogens with zero attached hydrogens (tertiary/aromatic N) is 1. The van der Waals surface area contributed by atoms with Crippen LogP contribution in [-0.2, 0) is 22.1 Å². The fourth-order valence-electron chi connectivity index (χ4n) is 3.33. The van der Waals surface area contributed by atoms with Crippen molar-refractivity contribution in [3.05, 3.63) is 59.7 Å². The molecule has 198 valence electrons. The van der Waals surface area contributed by atoms with Crippen molar-refractivity contribution in [3.63, 3.8) is 0 Å². The van der Waals surface area contributed by atoms with Crippen LogP contribution in [0.1, 0.15) is 38.3 Å². The first kappa shape index (κ1) is 29.0. The summed E-state index contributed by atoms with van der Waals surface area (Å²) in [7, 11) is 0. The van der Waals surface area contributed by atoms with E-state index >= 15 is 0 Å². The predicted octanol–water partition coefficient (Wildman–Crippen LogP) is 5.70. The topological polar surface area (TPSA) is 88.1 Å². The molecule has 0 aliphatic heterocycles. The Bertz CT molecular complexity index is 980. The molecular formula is C26H33F3N2O5. The van der Waals surface area contributed by atoms with Gasteiger partial charge >= 0.3 is 18.2 Å². The number of hydrogen-bond donors (Lipinski definition) is 2. The highest BCUT2D eigenvalue weighted by atomic mass is 19.4. The largest absolute Gasteiger partial charge is 0.492 e. The van der Waals surface area contributed by atoms with Crippen LogP contribution in [0.25, 0.3) is 0 Å². The van der Waals surface area contributed by atoms with Gasteiger partial charge in [-0.1, -0.05) is 32.0 Å². The van der Waals surface area contributed by atoms with E-state index in [1.807, 2.05) is 13.8 Å². The molecule has 0 aromatic heterocycles. The number of benzene rings is 2. The summed E-state index contributed by atoms with van der Waals surface area (Å²) >= 11 is 0. The molecule has 0 saturated carbocycles. The molecule has 0 spiro atoms. The molecule has 0 aliphatic carbocycles. The van der Waals surface area contributed by atoms with Crippen LogP contribution in [0.15, 0.2) is 48.5 Å². The van der Waals surface area contributed by atoms with Crippen LogP contribution in [0.4, 0.5) is 23.7 Å². The van der Waals surface area contributed by atoms with Gasteiger partial charge in [0, 0.05) is 25.3 Å². The number of urea groups is 1. The first-order valence-corrected chi connectivity index (χ1v) is 11.8. The number of aliphatic carboxylic acids is 1. The van der Waals surface area contributed by atoms with E-state index in [0.717, 1.165) is 24.1 Å². The Labute approximate surface area is 209 Å². The van der Waals surface area contributed by atoms with Crippen molar-refractivity contribution < 1.29 is 37.3 Å². The summed E-state index contributed by atoms with van der Waals surface area (Å²) in [6.07, 6.45) is -4.48. The van der Waals surface area contributed by atoms with Crippen molar-refractivity contribution in [2.24, 2.45) is 5.92 Å². The zero-order chi connectivity index (χ0) is 26.7. The summed E-state index contributed by atoms with van der Waals surface area (Å²) in [5.74, 6) is -0.153. The van der Waals surface area contributed by atoms with Crippen molar-refractivity contribution in [1.82, 2.24) is 4.90 Å². The Hall–Kier alpha value is -3.27. The molecule has 0 radical (unpaired) electrons. The van der Waals surface area contributed by atoms with Gasteiger partial charge in [-0.25, -0.2) is 9.59 Å². The van der Waals surface area contributed by atoms with Gasteiger partial charge in [0.05, 0.1) is 12.1 Å². The number of nitrogens with one attached hydrogen (secondary N) is 1. The number of carboxylic acids is 1. The van der Waals surface area contributed by atoms with E-state index in [0.29, 0.717) is 24.8 Å². The highest BCUT2D eigenvalue weighted by molar-refractivity contribution is 5.89. The van der Waals surface area contributed by atoms with Crippen molar-refractivity contribution >= 4 is 17.7 Å². The summed E-state index contributed by atoms with van der Waals surface area (Å²) in [6, 6.07) is 10.9. The summed E-state index contributed by atoms with van der Waals surface area (Å²) in [4.78, 5) is 25.6. The third kappa shape index (κ3) is 9.77. The summed E-state index contributed by atoms with van der Waals surface area (Å²) in [6.45, 7) is 6.88. The lowest BCUT2D eigenvalue weighted by Crippen LogP contribution is -2.39. The Morgan fingerprint density at radius 3 is 2.36 bits per heavy atom. The molecule has 1 atom stereocenters. The normalized spacial score (nSPS) is 12.3. The number of ether oxygens (including phenoxy) is 2. The molecule has 2 amide bonds. The van der Waals surface area contributed by atoms with Gasteiger partial charge in [0.25, 0.3) is 0 Å². The smallest absolute Gasteiger partial charge is 0.416 e. The number of hydrogen-bond acceptors (Lipinski definition) is 4. The first-order chi connectivity index (χ1) is 17.0. The van der Waals surface area contributed by atoms with Crippen LogP contribution in [0.2, 0.25) is 0 Å². The van der Waals surface area contributed by atoms with E-state index in [1.54, 1.807) is 31.2 Å². The fourth-order valence-corrected chi connectivity index (χ4v) is 3.33. The third-order valence-corrected chi connectivity index (χ3v) is 5.32. The van der Waals surface area contributed by atoms with Gasteiger partial charge in [0.1, 0.15) is 12.4 Å². The lowest BCUT2D eigenvalue weighted by atomic mass is 10.1. The zero-order valence-corrected chi connectivity index (χ0v) is 20.7. The molecule has 0 aliphatic rings. The number of carbonyl (C=O) groups excluding carboxylic acids is 1. The molecule has 0 saturated heterocycles. The van der Waals surface area contributed by atoms with Gasteiger partial charge in [-0.15, -0.1) is 0 Å².